The first-order valence-corrected chi connectivity index (χ1v) is 10.8. The van der Waals surface area contributed by atoms with E-state index in [4.69, 9.17) is 4.74 Å². The third-order valence-corrected chi connectivity index (χ3v) is 6.48. The highest BCUT2D eigenvalue weighted by Crippen LogP contribution is 2.34. The quantitative estimate of drug-likeness (QED) is 0.337. The van der Waals surface area contributed by atoms with Gasteiger partial charge in [-0.15, -0.1) is 0 Å². The van der Waals surface area contributed by atoms with E-state index in [2.05, 4.69) is 32.0 Å². The summed E-state index contributed by atoms with van der Waals surface area (Å²) >= 11 is 3.35. The largest absolute Gasteiger partial charge is 0.494 e. The van der Waals surface area contributed by atoms with E-state index in [9.17, 15) is 14.9 Å². The molecule has 8 heteroatoms. The molecule has 1 aliphatic heterocycles. The zero-order chi connectivity index (χ0) is 22.0. The number of rotatable bonds is 5. The Morgan fingerprint density at radius 1 is 1.29 bits per heavy atom. The van der Waals surface area contributed by atoms with Crippen LogP contribution in [0.15, 0.2) is 47.3 Å². The van der Waals surface area contributed by atoms with E-state index in [1.54, 1.807) is 4.90 Å². The van der Waals surface area contributed by atoms with E-state index >= 15 is 0 Å². The molecule has 3 aromatic rings. The smallest absolute Gasteiger partial charge is 0.295 e. The van der Waals surface area contributed by atoms with Crippen molar-refractivity contribution in [3.8, 4) is 11.8 Å². The van der Waals surface area contributed by atoms with Crippen molar-refractivity contribution in [1.82, 2.24) is 14.9 Å². The lowest BCUT2D eigenvalue weighted by molar-refractivity contribution is -0.127. The van der Waals surface area contributed by atoms with Crippen LogP contribution in [0.5, 0.6) is 5.75 Å². The first kappa shape index (κ1) is 21.1. The maximum absolute atomic E-state index is 13.0. The van der Waals surface area contributed by atoms with Gasteiger partial charge in [-0.25, -0.2) is 4.98 Å². The Kier molecular flexibility index (Phi) is 6.05. The molecule has 0 spiro atoms. The molecule has 1 amide bonds. The molecule has 1 aromatic carbocycles. The lowest BCUT2D eigenvalue weighted by Crippen LogP contribution is -2.43. The predicted octanol–water partition coefficient (Wildman–Crippen LogP) is 4.06. The fourth-order valence-electron chi connectivity index (χ4n) is 4.23. The van der Waals surface area contributed by atoms with Crippen LogP contribution in [0, 0.1) is 17.2 Å². The molecular weight excluding hydrogens is 460 g/mol. The Morgan fingerprint density at radius 3 is 2.65 bits per heavy atom. The van der Waals surface area contributed by atoms with Crippen LogP contribution in [0.3, 0.4) is 0 Å². The van der Waals surface area contributed by atoms with Crippen LogP contribution in [0.2, 0.25) is 0 Å². The van der Waals surface area contributed by atoms with Crippen molar-refractivity contribution in [2.75, 3.05) is 20.2 Å². The van der Waals surface area contributed by atoms with Gasteiger partial charge < -0.3 is 14.6 Å². The number of Topliss-reactive ketones (excluding diaryl/α,β-unsaturated/α-hetero) is 1. The number of nitriles is 1. The Balaban J connectivity index is 1.49. The first-order valence-electron chi connectivity index (χ1n) is 10.0. The van der Waals surface area contributed by atoms with Gasteiger partial charge in [0.25, 0.3) is 11.7 Å². The number of carbonyl (C=O) groups excluding carboxylic acids is 2. The number of amides is 1. The molecule has 1 aliphatic rings. The van der Waals surface area contributed by atoms with Gasteiger partial charge in [-0.2, -0.15) is 5.26 Å². The third kappa shape index (κ3) is 3.93. The summed E-state index contributed by atoms with van der Waals surface area (Å²) in [6.45, 7) is 0.899. The summed E-state index contributed by atoms with van der Waals surface area (Å²) in [5.41, 5.74) is 1.87. The molecule has 1 saturated heterocycles. The zero-order valence-electron chi connectivity index (χ0n) is 17.0. The van der Waals surface area contributed by atoms with E-state index in [0.717, 1.165) is 5.56 Å². The van der Waals surface area contributed by atoms with Crippen LogP contribution in [0.4, 0.5) is 0 Å². The summed E-state index contributed by atoms with van der Waals surface area (Å²) in [6.07, 6.45) is 4.39. The molecule has 0 saturated carbocycles. The van der Waals surface area contributed by atoms with Crippen molar-refractivity contribution < 1.29 is 14.3 Å². The Morgan fingerprint density at radius 2 is 2.00 bits per heavy atom. The predicted molar refractivity (Wildman–Crippen MR) is 119 cm³/mol. The Hall–Kier alpha value is -3.18. The van der Waals surface area contributed by atoms with Crippen LogP contribution in [0.25, 0.3) is 10.9 Å². The van der Waals surface area contributed by atoms with E-state index in [1.165, 1.54) is 19.5 Å². The Labute approximate surface area is 188 Å². The molecule has 2 aromatic heterocycles. The van der Waals surface area contributed by atoms with Gasteiger partial charge in [0.1, 0.15) is 10.4 Å². The van der Waals surface area contributed by atoms with Gasteiger partial charge in [-0.3, -0.25) is 9.59 Å². The summed E-state index contributed by atoms with van der Waals surface area (Å²) in [6, 6.07) is 12.1. The van der Waals surface area contributed by atoms with Crippen LogP contribution in [-0.4, -0.2) is 46.8 Å². The van der Waals surface area contributed by atoms with E-state index in [1.807, 2.05) is 30.3 Å². The highest BCUT2D eigenvalue weighted by atomic mass is 79.9. The summed E-state index contributed by atoms with van der Waals surface area (Å²) in [7, 11) is 1.50. The second-order valence-electron chi connectivity index (χ2n) is 7.55. The number of nitrogens with zero attached hydrogens (tertiary/aromatic N) is 3. The van der Waals surface area contributed by atoms with Gasteiger partial charge in [0.15, 0.2) is 0 Å². The van der Waals surface area contributed by atoms with Gasteiger partial charge >= 0.3 is 0 Å². The highest BCUT2D eigenvalue weighted by molar-refractivity contribution is 9.10. The number of halogens is 1. The van der Waals surface area contributed by atoms with Gasteiger partial charge in [0.05, 0.1) is 41.8 Å². The van der Waals surface area contributed by atoms with Gasteiger partial charge in [-0.05, 0) is 40.3 Å². The minimum absolute atomic E-state index is 0.154. The van der Waals surface area contributed by atoms with Crippen molar-refractivity contribution in [2.24, 2.45) is 5.92 Å². The maximum Gasteiger partial charge on any atom is 0.295 e. The van der Waals surface area contributed by atoms with Crippen molar-refractivity contribution in [3.05, 3.63) is 58.5 Å². The second-order valence-corrected chi connectivity index (χ2v) is 8.30. The fraction of sp³-hybridized carbons (Fsp3) is 0.304. The summed E-state index contributed by atoms with van der Waals surface area (Å²) in [5.74, 6) is -0.753. The van der Waals surface area contributed by atoms with Crippen LogP contribution >= 0.6 is 15.9 Å². The number of H-pyrrole nitrogens is 1. The summed E-state index contributed by atoms with van der Waals surface area (Å²) in [5, 5.41) is 10.2. The van der Waals surface area contributed by atoms with Crippen molar-refractivity contribution in [3.63, 3.8) is 0 Å². The highest BCUT2D eigenvalue weighted by Gasteiger charge is 2.33. The number of piperidine rings is 1. The monoisotopic (exact) mass is 480 g/mol. The number of ketones is 1. The molecule has 158 valence electrons. The number of fused-ring (bicyclic) bond motifs is 1. The van der Waals surface area contributed by atoms with Crippen molar-refractivity contribution >= 4 is 38.5 Å². The minimum Gasteiger partial charge on any atom is -0.494 e. The number of benzene rings is 1. The molecule has 1 unspecified atom stereocenters. The Bertz CT molecular complexity index is 1160. The van der Waals surface area contributed by atoms with Gasteiger partial charge in [0.2, 0.25) is 0 Å². The molecule has 4 rings (SSSR count). The van der Waals surface area contributed by atoms with Gasteiger partial charge in [0, 0.05) is 19.3 Å². The van der Waals surface area contributed by atoms with E-state index < -0.39 is 11.7 Å². The van der Waals surface area contributed by atoms with Crippen molar-refractivity contribution in [2.45, 2.75) is 18.8 Å². The molecule has 31 heavy (non-hydrogen) atoms. The normalized spacial score (nSPS) is 15.5. The first-order chi connectivity index (χ1) is 15.0. The maximum atomic E-state index is 13.0. The molecule has 0 bridgehead atoms. The number of likely N-dealkylation sites (tertiary alicyclic amines) is 1. The molecule has 7 nitrogen and oxygen atoms in total. The number of hydrogen-bond acceptors (Lipinski definition) is 5. The minimum atomic E-state index is -0.582. The molecule has 1 fully saturated rings. The van der Waals surface area contributed by atoms with Crippen LogP contribution < -0.4 is 4.74 Å². The fourth-order valence-corrected chi connectivity index (χ4v) is 4.64. The number of hydrogen-bond donors (Lipinski definition) is 1. The number of aromatic amines is 1. The summed E-state index contributed by atoms with van der Waals surface area (Å²) < 4.78 is 5.88. The summed E-state index contributed by atoms with van der Waals surface area (Å²) in [4.78, 5) is 34.8. The number of pyridine rings is 1. The van der Waals surface area contributed by atoms with Crippen LogP contribution in [0.1, 0.15) is 34.7 Å². The lowest BCUT2D eigenvalue weighted by atomic mass is 9.81. The number of nitrogens with one attached hydrogen (secondary N) is 1. The number of ether oxygens (including phenoxy) is 1. The molecule has 3 heterocycles. The molecule has 0 radical (unpaired) electrons. The SMILES string of the molecule is COc1cnc(Br)c2[nH]cc(C(=O)C(=O)N3CCC(C(C#N)c4ccccc4)CC3)c12. The van der Waals surface area contributed by atoms with Crippen molar-refractivity contribution in [1.29, 1.82) is 5.26 Å². The number of methoxy groups -OCH3 is 1. The topological polar surface area (TPSA) is 99.1 Å². The van der Waals surface area contributed by atoms with E-state index in [-0.39, 0.29) is 17.4 Å². The molecule has 1 atom stereocenters. The standard InChI is InChI=1S/C23H21BrN4O3/c1-31-18-13-27-22(24)20-19(18)17(12-26-20)21(29)23(30)28-9-7-15(8-10-28)16(11-25)14-5-3-2-4-6-14/h2-6,12-13,15-16,26H,7-10H2,1H3. The molecule has 1 N–H and O–H groups in total. The number of aromatic nitrogens is 2. The van der Waals surface area contributed by atoms with Crippen LogP contribution in [-0.2, 0) is 4.79 Å². The second kappa shape index (κ2) is 8.90. The lowest BCUT2D eigenvalue weighted by Gasteiger charge is -2.33. The molecular formula is C23H21BrN4O3. The number of carbonyl (C=O) groups is 2. The van der Waals surface area contributed by atoms with E-state index in [0.29, 0.717) is 47.2 Å². The average Bonchev–Trinajstić information content (AvgIpc) is 3.26. The average molecular weight is 481 g/mol. The zero-order valence-corrected chi connectivity index (χ0v) is 18.6. The molecule has 0 aliphatic carbocycles. The van der Waals surface area contributed by atoms with Gasteiger partial charge in [-0.1, -0.05) is 30.3 Å². The third-order valence-electron chi connectivity index (χ3n) is 5.88.